The first-order valence-electron chi connectivity index (χ1n) is 6.18. The molecule has 1 aliphatic rings. The van der Waals surface area contributed by atoms with E-state index in [1.165, 1.54) is 0 Å². The Labute approximate surface area is 115 Å². The lowest BCUT2D eigenvalue weighted by atomic mass is 10.0. The van der Waals surface area contributed by atoms with Crippen molar-refractivity contribution >= 4 is 10.1 Å². The Hall–Kier alpha value is -1.08. The van der Waals surface area contributed by atoms with Gasteiger partial charge in [0.1, 0.15) is 0 Å². The molecule has 0 radical (unpaired) electrons. The Morgan fingerprint density at radius 1 is 1.20 bits per heavy atom. The van der Waals surface area contributed by atoms with E-state index in [2.05, 4.69) is 4.18 Å². The molecule has 0 bridgehead atoms. The van der Waals surface area contributed by atoms with Crippen LogP contribution in [0.1, 0.15) is 29.5 Å². The fraction of sp³-hybridized carbons (Fsp3) is 0.538. The lowest BCUT2D eigenvalue weighted by Crippen LogP contribution is -2.09. The first-order chi connectivity index (χ1) is 9.13. The van der Waals surface area contributed by atoms with E-state index in [1.807, 2.05) is 0 Å². The second-order valence-electron chi connectivity index (χ2n) is 5.15. The van der Waals surface area contributed by atoms with Gasteiger partial charge in [0.05, 0.1) is 18.4 Å². The fourth-order valence-corrected chi connectivity index (χ4v) is 2.31. The highest BCUT2D eigenvalue weighted by Crippen LogP contribution is 2.35. The zero-order valence-corrected chi connectivity index (χ0v) is 11.7. The molecule has 1 saturated carbocycles. The van der Waals surface area contributed by atoms with Crippen LogP contribution in [-0.2, 0) is 33.5 Å². The second kappa shape index (κ2) is 5.37. The van der Waals surface area contributed by atoms with Crippen molar-refractivity contribution in [3.8, 4) is 0 Å². The third-order valence-electron chi connectivity index (χ3n) is 3.04. The lowest BCUT2D eigenvalue weighted by Gasteiger charge is -2.12. The van der Waals surface area contributed by atoms with Gasteiger partial charge in [-0.2, -0.15) is 21.6 Å². The molecule has 1 aromatic rings. The molecule has 0 aliphatic heterocycles. The molecule has 3 nitrogen and oxygen atoms in total. The van der Waals surface area contributed by atoms with E-state index in [0.29, 0.717) is 17.9 Å². The predicted molar refractivity (Wildman–Crippen MR) is 67.5 cm³/mol. The fourth-order valence-electron chi connectivity index (χ4n) is 1.96. The normalized spacial score (nSPS) is 16.4. The van der Waals surface area contributed by atoms with Crippen LogP contribution in [0.3, 0.4) is 0 Å². The maximum Gasteiger partial charge on any atom is 0.416 e. The molecule has 0 atom stereocenters. The summed E-state index contributed by atoms with van der Waals surface area (Å²) in [5, 5.41) is 0. The van der Waals surface area contributed by atoms with E-state index < -0.39 is 21.9 Å². The number of alkyl halides is 3. The standard InChI is InChI=1S/C13H15F3O3S/c1-20(17,18)19-8-11-5-10(4-9-2-3-9)6-12(7-11)13(14,15)16/h5-7,9H,2-4,8H2,1H3. The number of hydrogen-bond donors (Lipinski definition) is 0. The lowest BCUT2D eigenvalue weighted by molar-refractivity contribution is -0.137. The average molecular weight is 308 g/mol. The van der Waals surface area contributed by atoms with E-state index in [1.54, 1.807) is 6.07 Å². The van der Waals surface area contributed by atoms with Crippen LogP contribution < -0.4 is 0 Å². The van der Waals surface area contributed by atoms with Crippen molar-refractivity contribution in [2.45, 2.75) is 32.0 Å². The molecule has 7 heteroatoms. The van der Waals surface area contributed by atoms with Gasteiger partial charge in [-0.05, 0) is 48.4 Å². The number of halogens is 3. The van der Waals surface area contributed by atoms with Crippen LogP contribution in [0.25, 0.3) is 0 Å². The molecule has 0 saturated heterocycles. The van der Waals surface area contributed by atoms with Crippen LogP contribution in [0.5, 0.6) is 0 Å². The summed E-state index contributed by atoms with van der Waals surface area (Å²) in [5.41, 5.74) is 0.0399. The van der Waals surface area contributed by atoms with Gasteiger partial charge in [0, 0.05) is 0 Å². The van der Waals surface area contributed by atoms with E-state index in [4.69, 9.17) is 0 Å². The summed E-state index contributed by atoms with van der Waals surface area (Å²) in [6.07, 6.45) is -0.919. The first-order valence-corrected chi connectivity index (χ1v) is 7.99. The van der Waals surface area contributed by atoms with Crippen LogP contribution in [0.2, 0.25) is 0 Å². The zero-order valence-electron chi connectivity index (χ0n) is 10.9. The van der Waals surface area contributed by atoms with E-state index in [-0.39, 0.29) is 12.2 Å². The first kappa shape index (κ1) is 15.3. The van der Waals surface area contributed by atoms with Crippen LogP contribution in [0, 0.1) is 5.92 Å². The van der Waals surface area contributed by atoms with Crippen molar-refractivity contribution in [1.82, 2.24) is 0 Å². The highest BCUT2D eigenvalue weighted by Gasteiger charge is 2.32. The smallest absolute Gasteiger partial charge is 0.265 e. The van der Waals surface area contributed by atoms with Crippen LogP contribution >= 0.6 is 0 Å². The highest BCUT2D eigenvalue weighted by atomic mass is 32.2. The molecule has 112 valence electrons. The number of rotatable bonds is 5. The molecule has 0 N–H and O–H groups in total. The van der Waals surface area contributed by atoms with Gasteiger partial charge in [0.15, 0.2) is 0 Å². The van der Waals surface area contributed by atoms with Gasteiger partial charge < -0.3 is 0 Å². The minimum Gasteiger partial charge on any atom is -0.265 e. The molecular weight excluding hydrogens is 293 g/mol. The topological polar surface area (TPSA) is 43.4 Å². The molecule has 0 aromatic heterocycles. The predicted octanol–water partition coefficient (Wildman–Crippen LogP) is 3.13. The summed E-state index contributed by atoms with van der Waals surface area (Å²) in [4.78, 5) is 0. The molecule has 0 heterocycles. The molecule has 0 spiro atoms. The molecular formula is C13H15F3O3S. The van der Waals surface area contributed by atoms with Crippen molar-refractivity contribution in [2.24, 2.45) is 5.92 Å². The Balaban J connectivity index is 2.24. The van der Waals surface area contributed by atoms with Crippen molar-refractivity contribution in [1.29, 1.82) is 0 Å². The quantitative estimate of drug-likeness (QED) is 0.785. The van der Waals surface area contributed by atoms with Crippen molar-refractivity contribution < 1.29 is 25.8 Å². The molecule has 0 unspecified atom stereocenters. The zero-order chi connectivity index (χ0) is 15.0. The van der Waals surface area contributed by atoms with Gasteiger partial charge in [-0.1, -0.05) is 6.07 Å². The third-order valence-corrected chi connectivity index (χ3v) is 3.59. The van der Waals surface area contributed by atoms with Crippen LogP contribution in [0.15, 0.2) is 18.2 Å². The van der Waals surface area contributed by atoms with Gasteiger partial charge in [-0.3, -0.25) is 4.18 Å². The summed E-state index contributed by atoms with van der Waals surface area (Å²) in [5.74, 6) is 0.446. The highest BCUT2D eigenvalue weighted by molar-refractivity contribution is 7.85. The minimum atomic E-state index is -4.45. The number of hydrogen-bond acceptors (Lipinski definition) is 3. The maximum atomic E-state index is 12.8. The summed E-state index contributed by atoms with van der Waals surface area (Å²) in [6, 6.07) is 3.64. The summed E-state index contributed by atoms with van der Waals surface area (Å²) in [7, 11) is -3.68. The average Bonchev–Trinajstić information content (AvgIpc) is 3.08. The summed E-state index contributed by atoms with van der Waals surface area (Å²) < 4.78 is 64.8. The summed E-state index contributed by atoms with van der Waals surface area (Å²) >= 11 is 0. The monoisotopic (exact) mass is 308 g/mol. The minimum absolute atomic E-state index is 0.223. The van der Waals surface area contributed by atoms with Crippen molar-refractivity contribution in [2.75, 3.05) is 6.26 Å². The van der Waals surface area contributed by atoms with Crippen molar-refractivity contribution in [3.05, 3.63) is 34.9 Å². The van der Waals surface area contributed by atoms with Gasteiger partial charge in [-0.25, -0.2) is 0 Å². The third kappa shape index (κ3) is 4.79. The van der Waals surface area contributed by atoms with E-state index >= 15 is 0 Å². The molecule has 20 heavy (non-hydrogen) atoms. The SMILES string of the molecule is CS(=O)(=O)OCc1cc(CC2CC2)cc(C(F)(F)F)c1. The number of benzene rings is 1. The second-order valence-corrected chi connectivity index (χ2v) is 6.79. The van der Waals surface area contributed by atoms with Gasteiger partial charge in [0.25, 0.3) is 10.1 Å². The van der Waals surface area contributed by atoms with E-state index in [9.17, 15) is 21.6 Å². The Morgan fingerprint density at radius 3 is 2.30 bits per heavy atom. The van der Waals surface area contributed by atoms with Gasteiger partial charge in [0.2, 0.25) is 0 Å². The molecule has 0 amide bonds. The largest absolute Gasteiger partial charge is 0.416 e. The summed E-state index contributed by atoms with van der Waals surface area (Å²) in [6.45, 7) is -0.375. The Morgan fingerprint density at radius 2 is 1.80 bits per heavy atom. The van der Waals surface area contributed by atoms with Gasteiger partial charge >= 0.3 is 6.18 Å². The van der Waals surface area contributed by atoms with E-state index in [0.717, 1.165) is 31.2 Å². The maximum absolute atomic E-state index is 12.8. The Kier molecular flexibility index (Phi) is 4.11. The molecule has 1 aliphatic carbocycles. The van der Waals surface area contributed by atoms with Crippen LogP contribution in [0.4, 0.5) is 13.2 Å². The van der Waals surface area contributed by atoms with Crippen LogP contribution in [-0.4, -0.2) is 14.7 Å². The molecule has 2 rings (SSSR count). The van der Waals surface area contributed by atoms with Gasteiger partial charge in [-0.15, -0.1) is 0 Å². The molecule has 1 aromatic carbocycles. The molecule has 1 fully saturated rings. The Bertz CT molecular complexity index is 589. The van der Waals surface area contributed by atoms with Crippen molar-refractivity contribution in [3.63, 3.8) is 0 Å².